The molecule has 0 fully saturated rings. The van der Waals surface area contributed by atoms with E-state index in [0.29, 0.717) is 43.5 Å². The van der Waals surface area contributed by atoms with Crippen molar-refractivity contribution in [3.8, 4) is 11.5 Å². The van der Waals surface area contributed by atoms with E-state index in [9.17, 15) is 18.0 Å². The number of benzene rings is 2. The molecule has 1 heterocycles. The smallest absolute Gasteiger partial charge is 0.242 e. The highest BCUT2D eigenvalue weighted by Crippen LogP contribution is 2.34. The van der Waals surface area contributed by atoms with Gasteiger partial charge in [-0.15, -0.1) is 0 Å². The zero-order valence-corrected chi connectivity index (χ0v) is 23.6. The molecular weight excluding hydrogens is 506 g/mol. The van der Waals surface area contributed by atoms with Crippen LogP contribution < -0.4 is 19.1 Å². The van der Waals surface area contributed by atoms with Gasteiger partial charge in [-0.25, -0.2) is 8.42 Å². The largest absolute Gasteiger partial charge is 0.486 e. The summed E-state index contributed by atoms with van der Waals surface area (Å²) < 4.78 is 37.6. The number of amides is 2. The van der Waals surface area contributed by atoms with Crippen LogP contribution in [0.5, 0.6) is 11.5 Å². The van der Waals surface area contributed by atoms with E-state index in [0.717, 1.165) is 30.2 Å². The summed E-state index contributed by atoms with van der Waals surface area (Å²) in [4.78, 5) is 27.8. The Balaban J connectivity index is 1.72. The van der Waals surface area contributed by atoms with E-state index in [-0.39, 0.29) is 31.2 Å². The molecule has 10 heteroatoms. The quantitative estimate of drug-likeness (QED) is 0.385. The van der Waals surface area contributed by atoms with Gasteiger partial charge in [0.05, 0.1) is 11.9 Å². The molecular formula is C28H39N3O6S. The fraction of sp³-hybridized carbons (Fsp3) is 0.500. The number of aryl methyl sites for hydroxylation is 1. The highest BCUT2D eigenvalue weighted by molar-refractivity contribution is 7.92. The van der Waals surface area contributed by atoms with Crippen molar-refractivity contribution < 1.29 is 27.5 Å². The molecule has 2 aromatic carbocycles. The van der Waals surface area contributed by atoms with Crippen molar-refractivity contribution in [1.82, 2.24) is 10.2 Å². The maximum Gasteiger partial charge on any atom is 0.242 e. The molecule has 0 bridgehead atoms. The fourth-order valence-electron chi connectivity index (χ4n) is 4.32. The van der Waals surface area contributed by atoms with Crippen molar-refractivity contribution in [2.45, 2.75) is 59.0 Å². The normalized spacial score (nSPS) is 13.5. The monoisotopic (exact) mass is 545 g/mol. The third-order valence-corrected chi connectivity index (χ3v) is 7.59. The van der Waals surface area contributed by atoms with Gasteiger partial charge in [-0.3, -0.25) is 13.9 Å². The molecule has 0 saturated heterocycles. The Morgan fingerprint density at radius 3 is 2.47 bits per heavy atom. The van der Waals surface area contributed by atoms with E-state index >= 15 is 0 Å². The van der Waals surface area contributed by atoms with Crippen LogP contribution in [0.25, 0.3) is 0 Å². The van der Waals surface area contributed by atoms with Gasteiger partial charge in [0.1, 0.15) is 19.3 Å². The molecule has 0 unspecified atom stereocenters. The van der Waals surface area contributed by atoms with Crippen molar-refractivity contribution in [3.63, 3.8) is 0 Å². The minimum Gasteiger partial charge on any atom is -0.486 e. The summed E-state index contributed by atoms with van der Waals surface area (Å²) >= 11 is 0. The highest BCUT2D eigenvalue weighted by Gasteiger charge is 2.27. The number of nitrogens with one attached hydrogen (secondary N) is 1. The molecule has 9 nitrogen and oxygen atoms in total. The van der Waals surface area contributed by atoms with Gasteiger partial charge >= 0.3 is 0 Å². The minimum atomic E-state index is -3.61. The lowest BCUT2D eigenvalue weighted by molar-refractivity contribution is -0.140. The van der Waals surface area contributed by atoms with Gasteiger partial charge in [0.25, 0.3) is 0 Å². The minimum absolute atomic E-state index is 0.0922. The van der Waals surface area contributed by atoms with Crippen LogP contribution in [0, 0.1) is 6.92 Å². The third-order valence-electron chi connectivity index (χ3n) is 6.40. The van der Waals surface area contributed by atoms with Crippen LogP contribution >= 0.6 is 0 Å². The standard InChI is InChI=1S/C28H39N3O6S/c1-5-6-14-29-28(33)22(3)30(20-23-10-7-9-21(2)18-23)27(32)11-8-15-31(38(4,34)35)24-12-13-25-26(19-24)37-17-16-36-25/h7,9-10,12-13,18-19,22H,5-6,8,11,14-17,20H2,1-4H3,(H,29,33)/t22-/m1/s1. The molecule has 2 aromatic rings. The number of rotatable bonds is 13. The number of unbranched alkanes of at least 4 members (excludes halogenated alkanes) is 1. The van der Waals surface area contributed by atoms with Gasteiger partial charge in [0, 0.05) is 32.1 Å². The molecule has 0 saturated carbocycles. The summed E-state index contributed by atoms with van der Waals surface area (Å²) in [5.41, 5.74) is 2.45. The van der Waals surface area contributed by atoms with E-state index in [1.807, 2.05) is 38.1 Å². The molecule has 0 spiro atoms. The average molecular weight is 546 g/mol. The predicted octanol–water partition coefficient (Wildman–Crippen LogP) is 3.65. The summed E-state index contributed by atoms with van der Waals surface area (Å²) in [6.45, 7) is 7.56. The summed E-state index contributed by atoms with van der Waals surface area (Å²) in [6, 6.07) is 12.2. The van der Waals surface area contributed by atoms with Crippen LogP contribution in [-0.4, -0.2) is 63.7 Å². The van der Waals surface area contributed by atoms with Gasteiger partial charge in [0.2, 0.25) is 21.8 Å². The first-order valence-electron chi connectivity index (χ1n) is 13.1. The van der Waals surface area contributed by atoms with E-state index in [4.69, 9.17) is 9.47 Å². The molecule has 1 aliphatic heterocycles. The zero-order chi connectivity index (χ0) is 27.7. The first-order chi connectivity index (χ1) is 18.1. The van der Waals surface area contributed by atoms with Gasteiger partial charge in [-0.1, -0.05) is 43.2 Å². The first kappa shape index (κ1) is 29.3. The molecule has 38 heavy (non-hydrogen) atoms. The van der Waals surface area contributed by atoms with Gasteiger partial charge < -0.3 is 19.7 Å². The van der Waals surface area contributed by atoms with Crippen molar-refractivity contribution >= 4 is 27.5 Å². The zero-order valence-electron chi connectivity index (χ0n) is 22.7. The lowest BCUT2D eigenvalue weighted by Crippen LogP contribution is -2.48. The molecule has 1 N–H and O–H groups in total. The number of anilines is 1. The van der Waals surface area contributed by atoms with Crippen LogP contribution in [0.4, 0.5) is 5.69 Å². The topological polar surface area (TPSA) is 105 Å². The van der Waals surface area contributed by atoms with Crippen molar-refractivity contribution in [2.24, 2.45) is 0 Å². The van der Waals surface area contributed by atoms with Crippen LogP contribution in [0.1, 0.15) is 50.7 Å². The Kier molecular flexibility index (Phi) is 10.4. The lowest BCUT2D eigenvalue weighted by Gasteiger charge is -2.29. The number of hydrogen-bond donors (Lipinski definition) is 1. The lowest BCUT2D eigenvalue weighted by atomic mass is 10.1. The Hall–Kier alpha value is -3.27. The Labute approximate surface area is 226 Å². The maximum absolute atomic E-state index is 13.4. The van der Waals surface area contributed by atoms with Gasteiger partial charge in [-0.05, 0) is 44.4 Å². The summed E-state index contributed by atoms with van der Waals surface area (Å²) in [5, 5.41) is 2.91. The molecule has 0 aromatic heterocycles. The van der Waals surface area contributed by atoms with Crippen molar-refractivity contribution in [1.29, 1.82) is 0 Å². The van der Waals surface area contributed by atoms with E-state index in [1.54, 1.807) is 30.0 Å². The van der Waals surface area contributed by atoms with E-state index < -0.39 is 16.1 Å². The second-order valence-corrected chi connectivity index (χ2v) is 11.5. The summed E-state index contributed by atoms with van der Waals surface area (Å²) in [7, 11) is -3.61. The van der Waals surface area contributed by atoms with Crippen LogP contribution in [0.15, 0.2) is 42.5 Å². The second kappa shape index (κ2) is 13.5. The molecule has 1 atom stereocenters. The Morgan fingerprint density at radius 2 is 1.79 bits per heavy atom. The predicted molar refractivity (Wildman–Crippen MR) is 148 cm³/mol. The molecule has 3 rings (SSSR count). The SMILES string of the molecule is CCCCNC(=O)[C@@H](C)N(Cc1cccc(C)c1)C(=O)CCCN(c1ccc2c(c1)OCCO2)S(C)(=O)=O. The molecule has 208 valence electrons. The molecule has 0 radical (unpaired) electrons. The number of sulfonamides is 1. The van der Waals surface area contributed by atoms with Gasteiger partial charge in [-0.2, -0.15) is 0 Å². The molecule has 2 amide bonds. The molecule has 0 aliphatic carbocycles. The van der Waals surface area contributed by atoms with Crippen LogP contribution in [0.3, 0.4) is 0 Å². The third kappa shape index (κ3) is 8.11. The summed E-state index contributed by atoms with van der Waals surface area (Å²) in [6.07, 6.45) is 3.34. The first-order valence-corrected chi connectivity index (χ1v) is 14.9. The number of carbonyl (C=O) groups excluding carboxylic acids is 2. The number of ether oxygens (including phenoxy) is 2. The number of nitrogens with zero attached hydrogens (tertiary/aromatic N) is 2. The average Bonchev–Trinajstić information content (AvgIpc) is 2.88. The maximum atomic E-state index is 13.4. The fourth-order valence-corrected chi connectivity index (χ4v) is 5.27. The Morgan fingerprint density at radius 1 is 1.05 bits per heavy atom. The number of carbonyl (C=O) groups is 2. The second-order valence-electron chi connectivity index (χ2n) is 9.60. The molecule has 1 aliphatic rings. The van der Waals surface area contributed by atoms with Crippen LogP contribution in [0.2, 0.25) is 0 Å². The van der Waals surface area contributed by atoms with Crippen molar-refractivity contribution in [2.75, 3.05) is 36.9 Å². The van der Waals surface area contributed by atoms with Crippen LogP contribution in [-0.2, 0) is 26.2 Å². The van der Waals surface area contributed by atoms with E-state index in [2.05, 4.69) is 5.32 Å². The van der Waals surface area contributed by atoms with Crippen molar-refractivity contribution in [3.05, 3.63) is 53.6 Å². The number of hydrogen-bond acceptors (Lipinski definition) is 6. The summed E-state index contributed by atoms with van der Waals surface area (Å²) in [5.74, 6) is 0.654. The van der Waals surface area contributed by atoms with E-state index in [1.165, 1.54) is 4.31 Å². The number of fused-ring (bicyclic) bond motifs is 1. The highest BCUT2D eigenvalue weighted by atomic mass is 32.2. The van der Waals surface area contributed by atoms with Gasteiger partial charge in [0.15, 0.2) is 11.5 Å². The Bertz CT molecular complexity index is 1220.